The van der Waals surface area contributed by atoms with E-state index in [1.165, 1.54) is 57.8 Å². The van der Waals surface area contributed by atoms with E-state index in [-0.39, 0.29) is 19.4 Å². The molecule has 1 fully saturated rings. The van der Waals surface area contributed by atoms with Crippen molar-refractivity contribution in [1.29, 1.82) is 0 Å². The van der Waals surface area contributed by atoms with E-state index in [1.807, 2.05) is 12.2 Å². The zero-order chi connectivity index (χ0) is 41.3. The lowest BCUT2D eigenvalue weighted by molar-refractivity contribution is -0.297. The third-order valence-electron chi connectivity index (χ3n) is 9.41. The maximum absolute atomic E-state index is 12.6. The fraction of sp³-hybridized carbons (Fsp3) is 0.767. The highest BCUT2D eigenvalue weighted by Crippen LogP contribution is 2.24. The van der Waals surface area contributed by atoms with Gasteiger partial charge in [-0.2, -0.15) is 8.42 Å². The zero-order valence-electron chi connectivity index (χ0n) is 34.2. The summed E-state index contributed by atoms with van der Waals surface area (Å²) < 4.78 is 53.7. The minimum absolute atomic E-state index is 0.143. The van der Waals surface area contributed by atoms with Crippen molar-refractivity contribution in [2.45, 2.75) is 192 Å². The van der Waals surface area contributed by atoms with Gasteiger partial charge in [0.05, 0.1) is 6.61 Å². The van der Waals surface area contributed by atoms with Gasteiger partial charge in [-0.15, -0.1) is 0 Å². The second-order valence-electron chi connectivity index (χ2n) is 14.7. The quantitative estimate of drug-likeness (QED) is 0.0213. The zero-order valence-corrected chi connectivity index (χ0v) is 35.0. The van der Waals surface area contributed by atoms with Gasteiger partial charge in [0.1, 0.15) is 36.8 Å². The van der Waals surface area contributed by atoms with Gasteiger partial charge in [-0.25, -0.2) is 0 Å². The molecular formula is C43H74O12S. The van der Waals surface area contributed by atoms with Gasteiger partial charge in [-0.3, -0.25) is 14.1 Å². The smallest absolute Gasteiger partial charge is 0.306 e. The van der Waals surface area contributed by atoms with E-state index in [9.17, 15) is 37.9 Å². The van der Waals surface area contributed by atoms with Crippen LogP contribution in [0.15, 0.2) is 48.6 Å². The number of esters is 2. The van der Waals surface area contributed by atoms with Crippen molar-refractivity contribution in [3.05, 3.63) is 48.6 Å². The number of hydrogen-bond donors (Lipinski definition) is 4. The molecule has 0 radical (unpaired) electrons. The third-order valence-corrected chi connectivity index (χ3v) is 10.2. The van der Waals surface area contributed by atoms with Crippen molar-refractivity contribution in [3.8, 4) is 0 Å². The van der Waals surface area contributed by atoms with Gasteiger partial charge < -0.3 is 34.3 Å². The first-order valence-corrected chi connectivity index (χ1v) is 22.8. The fourth-order valence-corrected chi connectivity index (χ4v) is 6.77. The minimum Gasteiger partial charge on any atom is -0.462 e. The highest BCUT2D eigenvalue weighted by molar-refractivity contribution is 7.85. The number of aliphatic hydroxyl groups is 3. The van der Waals surface area contributed by atoms with Gasteiger partial charge in [-0.05, 0) is 51.4 Å². The van der Waals surface area contributed by atoms with Crippen LogP contribution in [-0.2, 0) is 38.7 Å². The maximum atomic E-state index is 12.6. The number of carbonyl (C=O) groups excluding carboxylic acids is 2. The standard InChI is InChI=1S/C43H74O12S/c1-3-5-7-9-11-12-13-14-15-16-17-18-19-20-21-22-23-24-26-27-29-31-38(44)52-33-36(54-39(45)32-30-28-25-10-8-6-4-2)34-53-43-42(48)41(47)40(46)37(55-43)35-56(49,50)51/h15-16,18-19,21-22,24,26,36-37,40-43,46-48H,3-14,17,20,23,25,27-35H2,1-2H3,(H,49,50,51)/b16-15+,19-18+,22-21+,26-24+/t36-,37+,40+,41?,42?,43-/m1/s1. The molecule has 0 spiro atoms. The molecule has 6 atom stereocenters. The fourth-order valence-electron chi connectivity index (χ4n) is 6.08. The van der Waals surface area contributed by atoms with E-state index in [2.05, 4.69) is 50.3 Å². The SMILES string of the molecule is CCCCCCCCC/C=C/C/C=C/C/C=C/C/C=C/CCCC(=O)OC[C@H](CO[C@@H]1O[C@@H](CS(=O)(=O)O)[C@H](O)C(O)C1O)OC(=O)CCCCCCCCC. The van der Waals surface area contributed by atoms with Crippen LogP contribution in [0.5, 0.6) is 0 Å². The lowest BCUT2D eigenvalue weighted by Crippen LogP contribution is -2.60. The summed E-state index contributed by atoms with van der Waals surface area (Å²) in [6, 6.07) is 0. The Morgan fingerprint density at radius 1 is 0.607 bits per heavy atom. The Morgan fingerprint density at radius 3 is 1.64 bits per heavy atom. The van der Waals surface area contributed by atoms with Crippen LogP contribution in [0.1, 0.15) is 155 Å². The van der Waals surface area contributed by atoms with Crippen molar-refractivity contribution in [2.24, 2.45) is 0 Å². The molecule has 4 N–H and O–H groups in total. The Labute approximate surface area is 337 Å². The first kappa shape index (κ1) is 51.6. The topological polar surface area (TPSA) is 186 Å². The van der Waals surface area contributed by atoms with Crippen LogP contribution in [0.2, 0.25) is 0 Å². The number of carbonyl (C=O) groups is 2. The van der Waals surface area contributed by atoms with E-state index >= 15 is 0 Å². The van der Waals surface area contributed by atoms with Crippen LogP contribution in [0.3, 0.4) is 0 Å². The molecule has 1 saturated heterocycles. The van der Waals surface area contributed by atoms with Crippen molar-refractivity contribution >= 4 is 22.1 Å². The summed E-state index contributed by atoms with van der Waals surface area (Å²) in [6.07, 6.45) is 29.2. The van der Waals surface area contributed by atoms with Crippen molar-refractivity contribution in [2.75, 3.05) is 19.0 Å². The van der Waals surface area contributed by atoms with Gasteiger partial charge >= 0.3 is 11.9 Å². The van der Waals surface area contributed by atoms with Gasteiger partial charge in [0.15, 0.2) is 12.4 Å². The van der Waals surface area contributed by atoms with E-state index in [0.717, 1.165) is 51.4 Å². The molecule has 0 aromatic carbocycles. The van der Waals surface area contributed by atoms with Crippen molar-refractivity contribution in [3.63, 3.8) is 0 Å². The molecule has 13 heteroatoms. The average Bonchev–Trinajstić information content (AvgIpc) is 3.16. The highest BCUT2D eigenvalue weighted by Gasteiger charge is 2.46. The summed E-state index contributed by atoms with van der Waals surface area (Å²) >= 11 is 0. The molecule has 324 valence electrons. The lowest BCUT2D eigenvalue weighted by atomic mass is 10.00. The van der Waals surface area contributed by atoms with E-state index in [4.69, 9.17) is 18.9 Å². The largest absolute Gasteiger partial charge is 0.462 e. The Balaban J connectivity index is 2.43. The lowest BCUT2D eigenvalue weighted by Gasteiger charge is -2.40. The molecular weight excluding hydrogens is 741 g/mol. The number of rotatable bonds is 34. The van der Waals surface area contributed by atoms with Crippen molar-refractivity contribution < 1.29 is 56.8 Å². The van der Waals surface area contributed by atoms with Crippen LogP contribution in [-0.4, -0.2) is 96.0 Å². The number of unbranched alkanes of at least 4 members (excludes halogenated alkanes) is 14. The molecule has 56 heavy (non-hydrogen) atoms. The molecule has 1 aliphatic rings. The molecule has 0 amide bonds. The highest BCUT2D eigenvalue weighted by atomic mass is 32.2. The predicted octanol–water partition coefficient (Wildman–Crippen LogP) is 8.00. The molecule has 0 bridgehead atoms. The molecule has 0 saturated carbocycles. The Bertz CT molecular complexity index is 1230. The van der Waals surface area contributed by atoms with Gasteiger partial charge in [0.25, 0.3) is 10.1 Å². The second kappa shape index (κ2) is 33.6. The Morgan fingerprint density at radius 2 is 1.09 bits per heavy atom. The summed E-state index contributed by atoms with van der Waals surface area (Å²) in [5, 5.41) is 30.7. The number of ether oxygens (including phenoxy) is 4. The first-order chi connectivity index (χ1) is 27.0. The van der Waals surface area contributed by atoms with Crippen LogP contribution in [0, 0.1) is 0 Å². The summed E-state index contributed by atoms with van der Waals surface area (Å²) in [6.45, 7) is 3.63. The number of allylic oxidation sites excluding steroid dienone is 8. The number of hydrogen-bond acceptors (Lipinski definition) is 11. The van der Waals surface area contributed by atoms with E-state index in [0.29, 0.717) is 19.3 Å². The van der Waals surface area contributed by atoms with Crippen molar-refractivity contribution in [1.82, 2.24) is 0 Å². The molecule has 1 rings (SSSR count). The van der Waals surface area contributed by atoms with Crippen LogP contribution < -0.4 is 0 Å². The molecule has 0 aromatic rings. The normalized spacial score (nSPS) is 21.1. The molecule has 12 nitrogen and oxygen atoms in total. The van der Waals surface area contributed by atoms with Crippen LogP contribution in [0.4, 0.5) is 0 Å². The molecule has 0 aromatic heterocycles. The molecule has 0 aliphatic carbocycles. The third kappa shape index (κ3) is 28.1. The monoisotopic (exact) mass is 814 g/mol. The summed E-state index contributed by atoms with van der Waals surface area (Å²) in [5.74, 6) is -2.07. The van der Waals surface area contributed by atoms with E-state index in [1.54, 1.807) is 0 Å². The minimum atomic E-state index is -4.60. The average molecular weight is 815 g/mol. The molecule has 2 unspecified atom stereocenters. The van der Waals surface area contributed by atoms with Gasteiger partial charge in [0.2, 0.25) is 0 Å². The predicted molar refractivity (Wildman–Crippen MR) is 219 cm³/mol. The summed E-state index contributed by atoms with van der Waals surface area (Å²) in [5.41, 5.74) is 0. The molecule has 1 aliphatic heterocycles. The van der Waals surface area contributed by atoms with Crippen LogP contribution in [0.25, 0.3) is 0 Å². The number of aliphatic hydroxyl groups excluding tert-OH is 3. The molecule has 1 heterocycles. The Hall–Kier alpha value is -2.39. The van der Waals surface area contributed by atoms with Crippen LogP contribution >= 0.6 is 0 Å². The maximum Gasteiger partial charge on any atom is 0.306 e. The first-order valence-electron chi connectivity index (χ1n) is 21.2. The Kier molecular flexibility index (Phi) is 30.9. The van der Waals surface area contributed by atoms with Gasteiger partial charge in [-0.1, -0.05) is 140 Å². The summed E-state index contributed by atoms with van der Waals surface area (Å²) in [4.78, 5) is 25.2. The van der Waals surface area contributed by atoms with Gasteiger partial charge in [0, 0.05) is 12.8 Å². The van der Waals surface area contributed by atoms with E-state index < -0.39 is 71.2 Å². The summed E-state index contributed by atoms with van der Waals surface area (Å²) in [7, 11) is -4.60. The second-order valence-corrected chi connectivity index (χ2v) is 16.2.